The van der Waals surface area contributed by atoms with E-state index in [4.69, 9.17) is 56.8 Å². The van der Waals surface area contributed by atoms with E-state index in [0.29, 0.717) is 98.7 Å². The lowest BCUT2D eigenvalue weighted by Crippen LogP contribution is -2.53. The number of carbonyl (C=O) groups is 3. The van der Waals surface area contributed by atoms with Crippen LogP contribution in [-0.4, -0.2) is 69.1 Å². The third-order valence-electron chi connectivity index (χ3n) is 17.8. The second kappa shape index (κ2) is 46.9. The van der Waals surface area contributed by atoms with Crippen molar-refractivity contribution >= 4 is 17.9 Å². The van der Waals surface area contributed by atoms with Gasteiger partial charge in [-0.3, -0.25) is 9.59 Å². The fourth-order valence-electron chi connectivity index (χ4n) is 11.6. The smallest absolute Gasteiger partial charge is 0.408 e. The van der Waals surface area contributed by atoms with Gasteiger partial charge < -0.3 is 72.8 Å². The van der Waals surface area contributed by atoms with E-state index in [0.717, 1.165) is 113 Å². The third kappa shape index (κ3) is 32.6. The average Bonchev–Trinajstić information content (AvgIpc) is 0.849. The topological polar surface area (TPSA) is 198 Å². The number of alkyl carbamates (subject to hydrolysis) is 1. The predicted molar refractivity (Wildman–Crippen MR) is 429 cm³/mol. The Kier molecular flexibility index (Phi) is 36.3. The quantitative estimate of drug-likeness (QED) is 0.0304. The van der Waals surface area contributed by atoms with Crippen LogP contribution < -0.4 is 68.1 Å². The van der Waals surface area contributed by atoms with Crippen LogP contribution >= 0.6 is 0 Å². The van der Waals surface area contributed by atoms with Gasteiger partial charge in [0, 0.05) is 31.7 Å². The summed E-state index contributed by atoms with van der Waals surface area (Å²) < 4.78 is 75.8. The van der Waals surface area contributed by atoms with E-state index < -0.39 is 29.7 Å². The van der Waals surface area contributed by atoms with Gasteiger partial charge in [0.15, 0.2) is 0 Å². The Bertz CT molecular complexity index is 3580. The number of hydrogen-bond acceptors (Lipinski definition) is 15. The second-order valence-corrected chi connectivity index (χ2v) is 28.6. The van der Waals surface area contributed by atoms with Crippen molar-refractivity contribution in [3.8, 4) is 63.2 Å². The minimum atomic E-state index is -1.07. The number of likely N-dealkylation sites (N-methyl/N-ethyl adjacent to an activating group) is 1. The Hall–Kier alpha value is -10.2. The van der Waals surface area contributed by atoms with Crippen molar-refractivity contribution in [2.75, 3.05) is 33.5 Å². The van der Waals surface area contributed by atoms with Crippen LogP contribution in [0.2, 0.25) is 0 Å². The molecule has 0 heterocycles. The number of benzene rings is 8. The Balaban J connectivity index is 1.05. The molecular formula is C91H117N3O15. The maximum atomic E-state index is 13.6. The van der Waals surface area contributed by atoms with Crippen molar-refractivity contribution in [1.82, 2.24) is 16.0 Å². The van der Waals surface area contributed by atoms with Crippen molar-refractivity contribution < 1.29 is 71.2 Å². The van der Waals surface area contributed by atoms with Gasteiger partial charge in [0.2, 0.25) is 11.8 Å². The number of hydrogen-bond donors (Lipinski definition) is 3. The Morgan fingerprint density at radius 1 is 0.303 bits per heavy atom. The highest BCUT2D eigenvalue weighted by Gasteiger charge is 2.27. The van der Waals surface area contributed by atoms with Crippen LogP contribution in [0.25, 0.3) is 0 Å². The molecule has 0 aromatic heterocycles. The largest absolute Gasteiger partial charge is 0.494 e. The summed E-state index contributed by atoms with van der Waals surface area (Å²) in [4.78, 5) is 39.1. The summed E-state index contributed by atoms with van der Waals surface area (Å²) in [6.07, 6.45) is 17.5. The van der Waals surface area contributed by atoms with E-state index in [1.165, 1.54) is 58.4 Å². The van der Waals surface area contributed by atoms with E-state index in [-0.39, 0.29) is 32.1 Å². The van der Waals surface area contributed by atoms with Gasteiger partial charge in [-0.15, -0.1) is 0 Å². The van der Waals surface area contributed by atoms with E-state index in [2.05, 4.69) is 43.6 Å². The van der Waals surface area contributed by atoms with Crippen molar-refractivity contribution in [1.29, 1.82) is 0 Å². The molecule has 3 amide bonds. The molecule has 0 fully saturated rings. The molecule has 0 radical (unpaired) electrons. The van der Waals surface area contributed by atoms with Gasteiger partial charge in [-0.05, 0) is 195 Å². The van der Waals surface area contributed by atoms with Gasteiger partial charge in [0.1, 0.15) is 127 Å². The summed E-state index contributed by atoms with van der Waals surface area (Å²) in [5.74, 6) is 6.35. The zero-order valence-corrected chi connectivity index (χ0v) is 65.8. The second-order valence-electron chi connectivity index (χ2n) is 28.6. The minimum absolute atomic E-state index is 0.0924. The number of carbonyl (C=O) groups excluding carboxylic acids is 3. The zero-order chi connectivity index (χ0) is 77.3. The summed E-state index contributed by atoms with van der Waals surface area (Å²) in [7, 11) is 1.49. The zero-order valence-electron chi connectivity index (χ0n) is 65.8. The summed E-state index contributed by atoms with van der Waals surface area (Å²) in [6.45, 7) is 19.9. The molecule has 18 heteroatoms. The lowest BCUT2D eigenvalue weighted by molar-refractivity contribution is -0.129. The lowest BCUT2D eigenvalue weighted by Gasteiger charge is -2.24. The molecule has 8 rings (SSSR count). The maximum Gasteiger partial charge on any atom is 0.408 e. The van der Waals surface area contributed by atoms with Crippen LogP contribution in [0.1, 0.15) is 203 Å². The lowest BCUT2D eigenvalue weighted by atomic mass is 10.0. The Labute approximate surface area is 647 Å². The molecule has 0 aliphatic heterocycles. The first-order chi connectivity index (χ1) is 53.0. The van der Waals surface area contributed by atoms with Gasteiger partial charge in [-0.25, -0.2) is 4.79 Å². The van der Waals surface area contributed by atoms with E-state index in [1.807, 2.05) is 164 Å². The molecule has 0 aliphatic carbocycles. The number of rotatable bonds is 51. The molecule has 8 aromatic carbocycles. The predicted octanol–water partition coefficient (Wildman–Crippen LogP) is 20.3. The number of amides is 3. The molecule has 0 bridgehead atoms. The van der Waals surface area contributed by atoms with Gasteiger partial charge in [-0.1, -0.05) is 165 Å². The van der Waals surface area contributed by atoms with Crippen molar-refractivity contribution in [2.45, 2.75) is 228 Å². The molecule has 0 aliphatic rings. The van der Waals surface area contributed by atoms with Crippen molar-refractivity contribution in [3.05, 3.63) is 220 Å². The molecule has 3 N–H and O–H groups in total. The van der Waals surface area contributed by atoms with Gasteiger partial charge in [0.05, 0.1) is 26.4 Å². The van der Waals surface area contributed by atoms with Crippen molar-refractivity contribution in [2.24, 2.45) is 0 Å². The van der Waals surface area contributed by atoms with Crippen LogP contribution in [0, 0.1) is 0 Å². The highest BCUT2D eigenvalue weighted by atomic mass is 16.6. The van der Waals surface area contributed by atoms with Gasteiger partial charge in [-0.2, -0.15) is 0 Å². The molecule has 586 valence electrons. The molecule has 2 atom stereocenters. The molecular weight excluding hydrogens is 1380 g/mol. The summed E-state index contributed by atoms with van der Waals surface area (Å²) in [5.41, 5.74) is 6.17. The molecule has 8 aromatic rings. The highest BCUT2D eigenvalue weighted by Crippen LogP contribution is 2.32. The summed E-state index contributed by atoms with van der Waals surface area (Å²) in [6, 6.07) is 54.8. The van der Waals surface area contributed by atoms with E-state index in [9.17, 15) is 14.4 Å². The first kappa shape index (κ1) is 84.4. The van der Waals surface area contributed by atoms with E-state index in [1.54, 1.807) is 39.8 Å². The normalized spacial score (nSPS) is 11.7. The van der Waals surface area contributed by atoms with Crippen LogP contribution in [-0.2, 0) is 67.0 Å². The average molecular weight is 1490 g/mol. The maximum absolute atomic E-state index is 13.6. The standard InChI is InChI=1S/C91H117N3O15/c1-10-14-18-22-46-98-76-38-28-69(29-39-76)60-103-81-52-74(53-82(57-81)104-61-70-30-40-77(41-31-70)99-47-23-19-15-11-2)65-107-85-50-73(64-102-80-36-26-68(27-37-80)56-87(94-90(97)109-91(6,7)8)89(96)93-67(5)88(95)92-9)51-86(59-85)108-66-75-54-83(105-62-71-32-42-78(43-33-71)100-48-24-20-16-12-3)58-84(55-75)106-63-72-34-44-79(45-35-72)101-49-25-21-17-13-4/h26-45,50-55,57-59,67,87H,10-25,46-49,56,60-66H2,1-9H3,(H,92,95)(H,93,96)(H,94,97)/t67-,87-/m1/s1. The van der Waals surface area contributed by atoms with Crippen LogP contribution in [0.15, 0.2) is 176 Å². The monoisotopic (exact) mass is 1490 g/mol. The first-order valence-electron chi connectivity index (χ1n) is 39.3. The summed E-state index contributed by atoms with van der Waals surface area (Å²) in [5, 5.41) is 7.94. The first-order valence-corrected chi connectivity index (χ1v) is 39.3. The van der Waals surface area contributed by atoms with Crippen LogP contribution in [0.3, 0.4) is 0 Å². The van der Waals surface area contributed by atoms with Crippen LogP contribution in [0.5, 0.6) is 63.2 Å². The minimum Gasteiger partial charge on any atom is -0.494 e. The van der Waals surface area contributed by atoms with Gasteiger partial charge >= 0.3 is 6.09 Å². The fourth-order valence-corrected chi connectivity index (χ4v) is 11.6. The molecule has 0 saturated heterocycles. The summed E-state index contributed by atoms with van der Waals surface area (Å²) >= 11 is 0. The molecule has 0 saturated carbocycles. The van der Waals surface area contributed by atoms with Crippen LogP contribution in [0.4, 0.5) is 4.79 Å². The Morgan fingerprint density at radius 3 is 0.826 bits per heavy atom. The number of ether oxygens (including phenoxy) is 12. The van der Waals surface area contributed by atoms with Gasteiger partial charge in [0.25, 0.3) is 0 Å². The molecule has 18 nitrogen and oxygen atoms in total. The Morgan fingerprint density at radius 2 is 0.560 bits per heavy atom. The highest BCUT2D eigenvalue weighted by molar-refractivity contribution is 5.91. The number of unbranched alkanes of at least 4 members (excludes halogenated alkanes) is 12. The van der Waals surface area contributed by atoms with Crippen molar-refractivity contribution in [3.63, 3.8) is 0 Å². The number of nitrogens with one attached hydrogen (secondary N) is 3. The molecule has 0 unspecified atom stereocenters. The van der Waals surface area contributed by atoms with E-state index >= 15 is 0 Å². The molecule has 109 heavy (non-hydrogen) atoms. The SMILES string of the molecule is CCCCCCOc1ccc(COc2cc(COc3cc(COc4ccc(C[C@@H](NC(=O)OC(C)(C)C)C(=O)N[C@H](C)C(=O)NC)cc4)cc(OCc4cc(OCc5ccc(OCCCCCC)cc5)cc(OCc5ccc(OCCCCCC)cc5)c4)c3)cc(OCc3ccc(OCCCCCC)cc3)c2)cc1. The third-order valence-corrected chi connectivity index (χ3v) is 17.8. The molecule has 0 spiro atoms. The fraction of sp³-hybridized carbons (Fsp3) is 0.440.